The third-order valence-electron chi connectivity index (χ3n) is 1.87. The van der Waals surface area contributed by atoms with Crippen molar-refractivity contribution in [1.29, 1.82) is 0 Å². The molecule has 1 rings (SSSR count). The first-order chi connectivity index (χ1) is 7.13. The lowest BCUT2D eigenvalue weighted by molar-refractivity contribution is -0.117. The van der Waals surface area contributed by atoms with E-state index in [4.69, 9.17) is 5.73 Å². The molecule has 0 spiro atoms. The zero-order valence-corrected chi connectivity index (χ0v) is 8.49. The van der Waals surface area contributed by atoms with E-state index in [9.17, 15) is 9.59 Å². The number of nitrogens with one attached hydrogen (secondary N) is 2. The fourth-order valence-electron chi connectivity index (χ4n) is 1.08. The summed E-state index contributed by atoms with van der Waals surface area (Å²) in [5, 5.41) is 8.36. The molecule has 0 aromatic carbocycles. The maximum Gasteiger partial charge on any atom is 0.264 e. The standard InChI is InChI=1S/C9H14N4O2/c1-2-3-6(10)9(15)11-7-4-5-8(14)13-12-7/h4-6H,2-3,10H2,1H3,(H,13,14)(H,11,12,15)/t6-/m0/s1. The van der Waals surface area contributed by atoms with Crippen LogP contribution in [0.15, 0.2) is 16.9 Å². The fraction of sp³-hybridized carbons (Fsp3) is 0.444. The number of nitrogens with zero attached hydrogens (tertiary/aromatic N) is 1. The first-order valence-corrected chi connectivity index (χ1v) is 4.75. The van der Waals surface area contributed by atoms with E-state index in [2.05, 4.69) is 15.5 Å². The number of hydrogen-bond donors (Lipinski definition) is 3. The molecule has 0 aliphatic rings. The highest BCUT2D eigenvalue weighted by Gasteiger charge is 2.12. The zero-order chi connectivity index (χ0) is 11.3. The number of nitrogens with two attached hydrogens (primary N) is 1. The number of aromatic amines is 1. The Morgan fingerprint density at radius 3 is 2.93 bits per heavy atom. The Bertz CT molecular complexity index is 367. The molecule has 0 saturated heterocycles. The fourth-order valence-corrected chi connectivity index (χ4v) is 1.08. The van der Waals surface area contributed by atoms with Gasteiger partial charge in [-0.25, -0.2) is 5.10 Å². The van der Waals surface area contributed by atoms with Gasteiger partial charge in [0, 0.05) is 6.07 Å². The Balaban J connectivity index is 2.58. The summed E-state index contributed by atoms with van der Waals surface area (Å²) in [6, 6.07) is 2.17. The van der Waals surface area contributed by atoms with Crippen LogP contribution in [0.5, 0.6) is 0 Å². The van der Waals surface area contributed by atoms with Crippen LogP contribution in [0, 0.1) is 0 Å². The first kappa shape index (κ1) is 11.4. The molecule has 6 heteroatoms. The van der Waals surface area contributed by atoms with Gasteiger partial charge in [-0.05, 0) is 12.5 Å². The van der Waals surface area contributed by atoms with Gasteiger partial charge in [0.2, 0.25) is 5.91 Å². The van der Waals surface area contributed by atoms with Crippen LogP contribution in [0.1, 0.15) is 19.8 Å². The van der Waals surface area contributed by atoms with Crippen LogP contribution in [0.25, 0.3) is 0 Å². The second kappa shape index (κ2) is 5.26. The lowest BCUT2D eigenvalue weighted by Crippen LogP contribution is -2.35. The molecule has 82 valence electrons. The maximum atomic E-state index is 11.4. The molecule has 0 aliphatic heterocycles. The molecule has 1 aromatic rings. The van der Waals surface area contributed by atoms with Crippen LogP contribution < -0.4 is 16.6 Å². The highest BCUT2D eigenvalue weighted by Crippen LogP contribution is 2.00. The molecule has 15 heavy (non-hydrogen) atoms. The molecule has 1 heterocycles. The maximum absolute atomic E-state index is 11.4. The topological polar surface area (TPSA) is 101 Å². The van der Waals surface area contributed by atoms with Crippen LogP contribution in [0.2, 0.25) is 0 Å². The zero-order valence-electron chi connectivity index (χ0n) is 8.49. The number of amides is 1. The smallest absolute Gasteiger partial charge is 0.264 e. The van der Waals surface area contributed by atoms with E-state index in [1.165, 1.54) is 12.1 Å². The Labute approximate surface area is 86.9 Å². The van der Waals surface area contributed by atoms with Crippen molar-refractivity contribution in [3.05, 3.63) is 22.5 Å². The van der Waals surface area contributed by atoms with E-state index in [1.807, 2.05) is 6.92 Å². The molecule has 0 unspecified atom stereocenters. The van der Waals surface area contributed by atoms with E-state index in [-0.39, 0.29) is 11.5 Å². The van der Waals surface area contributed by atoms with Gasteiger partial charge >= 0.3 is 0 Å². The number of H-pyrrole nitrogens is 1. The van der Waals surface area contributed by atoms with Gasteiger partial charge in [-0.15, -0.1) is 0 Å². The van der Waals surface area contributed by atoms with Gasteiger partial charge in [0.1, 0.15) is 0 Å². The van der Waals surface area contributed by atoms with Crippen molar-refractivity contribution in [2.24, 2.45) is 5.73 Å². The van der Waals surface area contributed by atoms with Crippen molar-refractivity contribution in [2.75, 3.05) is 5.32 Å². The second-order valence-electron chi connectivity index (χ2n) is 3.19. The normalized spacial score (nSPS) is 12.1. The Hall–Kier alpha value is -1.69. The lowest BCUT2D eigenvalue weighted by Gasteiger charge is -2.09. The Morgan fingerprint density at radius 1 is 1.67 bits per heavy atom. The summed E-state index contributed by atoms with van der Waals surface area (Å²) in [6.07, 6.45) is 1.46. The Kier molecular flexibility index (Phi) is 3.99. The first-order valence-electron chi connectivity index (χ1n) is 4.75. The molecule has 0 bridgehead atoms. The van der Waals surface area contributed by atoms with Crippen LogP contribution in [0.3, 0.4) is 0 Å². The SMILES string of the molecule is CCC[C@H](N)C(=O)Nc1ccc(=O)[nH]n1. The average Bonchev–Trinajstić information content (AvgIpc) is 2.22. The predicted molar refractivity (Wildman–Crippen MR) is 56.4 cm³/mol. The molecule has 4 N–H and O–H groups in total. The third-order valence-corrected chi connectivity index (χ3v) is 1.87. The molecule has 0 aliphatic carbocycles. The quantitative estimate of drug-likeness (QED) is 0.642. The number of hydrogen-bond acceptors (Lipinski definition) is 4. The number of carbonyl (C=O) groups excluding carboxylic acids is 1. The summed E-state index contributed by atoms with van der Waals surface area (Å²) < 4.78 is 0. The number of rotatable bonds is 4. The summed E-state index contributed by atoms with van der Waals surface area (Å²) in [7, 11) is 0. The van der Waals surface area contributed by atoms with Crippen molar-refractivity contribution in [3.63, 3.8) is 0 Å². The van der Waals surface area contributed by atoms with Crippen molar-refractivity contribution >= 4 is 11.7 Å². The van der Waals surface area contributed by atoms with Crippen LogP contribution in [0.4, 0.5) is 5.82 Å². The Morgan fingerprint density at radius 2 is 2.40 bits per heavy atom. The van der Waals surface area contributed by atoms with Gasteiger partial charge in [-0.1, -0.05) is 13.3 Å². The van der Waals surface area contributed by atoms with Crippen LogP contribution in [-0.2, 0) is 4.79 Å². The minimum atomic E-state index is -0.538. The second-order valence-corrected chi connectivity index (χ2v) is 3.19. The minimum absolute atomic E-state index is 0.295. The third kappa shape index (κ3) is 3.51. The van der Waals surface area contributed by atoms with Gasteiger partial charge < -0.3 is 11.1 Å². The van der Waals surface area contributed by atoms with Crippen LogP contribution in [-0.4, -0.2) is 22.1 Å². The number of anilines is 1. The molecule has 6 nitrogen and oxygen atoms in total. The highest BCUT2D eigenvalue weighted by molar-refractivity contribution is 5.93. The van der Waals surface area contributed by atoms with E-state index in [1.54, 1.807) is 0 Å². The monoisotopic (exact) mass is 210 g/mol. The molecule has 0 fully saturated rings. The van der Waals surface area contributed by atoms with Gasteiger partial charge in [0.25, 0.3) is 5.56 Å². The number of aromatic nitrogens is 2. The summed E-state index contributed by atoms with van der Waals surface area (Å²) in [5.41, 5.74) is 5.28. The molecule has 0 radical (unpaired) electrons. The molecular weight excluding hydrogens is 196 g/mol. The molecule has 0 saturated carbocycles. The molecule has 1 aromatic heterocycles. The predicted octanol–water partition coefficient (Wildman–Crippen LogP) is -0.164. The molecular formula is C9H14N4O2. The summed E-state index contributed by atoms with van der Waals surface area (Å²) in [6.45, 7) is 1.95. The summed E-state index contributed by atoms with van der Waals surface area (Å²) in [4.78, 5) is 22.1. The van der Waals surface area contributed by atoms with Gasteiger partial charge in [-0.2, -0.15) is 5.10 Å². The lowest BCUT2D eigenvalue weighted by atomic mass is 10.2. The molecule has 1 atom stereocenters. The van der Waals surface area contributed by atoms with Crippen molar-refractivity contribution in [2.45, 2.75) is 25.8 Å². The van der Waals surface area contributed by atoms with E-state index in [0.717, 1.165) is 6.42 Å². The van der Waals surface area contributed by atoms with Gasteiger partial charge in [0.15, 0.2) is 5.82 Å². The molecule has 1 amide bonds. The number of carbonyl (C=O) groups is 1. The van der Waals surface area contributed by atoms with Crippen molar-refractivity contribution in [1.82, 2.24) is 10.2 Å². The summed E-state index contributed by atoms with van der Waals surface area (Å²) in [5.74, 6) is 0.00236. The largest absolute Gasteiger partial charge is 0.320 e. The van der Waals surface area contributed by atoms with E-state index in [0.29, 0.717) is 12.2 Å². The van der Waals surface area contributed by atoms with Crippen molar-refractivity contribution < 1.29 is 4.79 Å². The van der Waals surface area contributed by atoms with Crippen molar-refractivity contribution in [3.8, 4) is 0 Å². The van der Waals surface area contributed by atoms with Gasteiger partial charge in [-0.3, -0.25) is 9.59 Å². The minimum Gasteiger partial charge on any atom is -0.320 e. The average molecular weight is 210 g/mol. The highest BCUT2D eigenvalue weighted by atomic mass is 16.2. The van der Waals surface area contributed by atoms with E-state index >= 15 is 0 Å². The van der Waals surface area contributed by atoms with Gasteiger partial charge in [0.05, 0.1) is 6.04 Å². The van der Waals surface area contributed by atoms with Crippen LogP contribution >= 0.6 is 0 Å². The van der Waals surface area contributed by atoms with E-state index < -0.39 is 6.04 Å². The summed E-state index contributed by atoms with van der Waals surface area (Å²) >= 11 is 0.